The van der Waals surface area contributed by atoms with Crippen LogP contribution >= 0.6 is 22.9 Å². The largest absolute Gasteiger partial charge is 0.253 e. The third kappa shape index (κ3) is 2.96. The minimum Gasteiger partial charge on any atom is -0.253 e. The monoisotopic (exact) mass is 291 g/mol. The predicted molar refractivity (Wildman–Crippen MR) is 81.4 cm³/mol. The molecule has 1 heterocycles. The van der Waals surface area contributed by atoms with Crippen molar-refractivity contribution in [2.75, 3.05) is 5.43 Å². The second kappa shape index (κ2) is 5.72. The van der Waals surface area contributed by atoms with E-state index >= 15 is 0 Å². The minimum absolute atomic E-state index is 0.700. The lowest BCUT2D eigenvalue weighted by atomic mass is 10.0. The maximum atomic E-state index is 6.06. The molecule has 0 saturated carbocycles. The standard InChI is InChI=1S/C14H14ClN3S/c15-11-6-2-1-5-10(11)9-16-18-14-17-12-7-3-4-8-13(12)19-14/h1-2,5-6,9H,3-4,7-8H2,(H,17,18)/b16-9-. The Morgan fingerprint density at radius 1 is 1.26 bits per heavy atom. The summed E-state index contributed by atoms with van der Waals surface area (Å²) in [5.41, 5.74) is 5.14. The third-order valence-corrected chi connectivity index (χ3v) is 4.52. The normalized spacial score (nSPS) is 14.6. The molecule has 0 aliphatic heterocycles. The fraction of sp³-hybridized carbons (Fsp3) is 0.286. The van der Waals surface area contributed by atoms with Gasteiger partial charge >= 0.3 is 0 Å². The van der Waals surface area contributed by atoms with Crippen LogP contribution in [0.1, 0.15) is 29.0 Å². The van der Waals surface area contributed by atoms with E-state index in [9.17, 15) is 0 Å². The van der Waals surface area contributed by atoms with E-state index in [-0.39, 0.29) is 0 Å². The summed E-state index contributed by atoms with van der Waals surface area (Å²) in [6.07, 6.45) is 6.50. The molecule has 98 valence electrons. The van der Waals surface area contributed by atoms with Gasteiger partial charge in [0.25, 0.3) is 0 Å². The van der Waals surface area contributed by atoms with E-state index in [1.165, 1.54) is 23.4 Å². The highest BCUT2D eigenvalue weighted by molar-refractivity contribution is 7.15. The Labute approximate surface area is 121 Å². The average Bonchev–Trinajstić information content (AvgIpc) is 2.83. The van der Waals surface area contributed by atoms with Gasteiger partial charge in [0.2, 0.25) is 5.13 Å². The van der Waals surface area contributed by atoms with E-state index in [1.807, 2.05) is 24.3 Å². The highest BCUT2D eigenvalue weighted by Crippen LogP contribution is 2.29. The number of hydrogen-bond acceptors (Lipinski definition) is 4. The van der Waals surface area contributed by atoms with Gasteiger partial charge in [-0.15, -0.1) is 11.3 Å². The molecule has 1 aliphatic rings. The number of benzene rings is 1. The molecule has 1 N–H and O–H groups in total. The Morgan fingerprint density at radius 3 is 2.95 bits per heavy atom. The van der Waals surface area contributed by atoms with E-state index in [4.69, 9.17) is 11.6 Å². The van der Waals surface area contributed by atoms with Crippen LogP contribution < -0.4 is 5.43 Å². The lowest BCUT2D eigenvalue weighted by Crippen LogP contribution is -1.99. The molecular weight excluding hydrogens is 278 g/mol. The summed E-state index contributed by atoms with van der Waals surface area (Å²) in [6.45, 7) is 0. The van der Waals surface area contributed by atoms with Crippen LogP contribution in [-0.4, -0.2) is 11.2 Å². The molecule has 0 saturated heterocycles. The average molecular weight is 292 g/mol. The van der Waals surface area contributed by atoms with Crippen LogP contribution in [0.15, 0.2) is 29.4 Å². The Balaban J connectivity index is 1.69. The number of hydrogen-bond donors (Lipinski definition) is 1. The first-order chi connectivity index (χ1) is 9.33. The number of aromatic nitrogens is 1. The number of fused-ring (bicyclic) bond motifs is 1. The number of thiazole rings is 1. The third-order valence-electron chi connectivity index (χ3n) is 3.11. The van der Waals surface area contributed by atoms with Crippen LogP contribution in [-0.2, 0) is 12.8 Å². The minimum atomic E-state index is 0.700. The van der Waals surface area contributed by atoms with Crippen LogP contribution in [0.2, 0.25) is 5.02 Å². The van der Waals surface area contributed by atoms with E-state index in [1.54, 1.807) is 17.6 Å². The summed E-state index contributed by atoms with van der Waals surface area (Å²) in [5.74, 6) is 0. The van der Waals surface area contributed by atoms with Crippen molar-refractivity contribution in [2.45, 2.75) is 25.7 Å². The number of nitrogens with zero attached hydrogens (tertiary/aromatic N) is 2. The molecule has 0 fully saturated rings. The maximum absolute atomic E-state index is 6.06. The molecule has 19 heavy (non-hydrogen) atoms. The van der Waals surface area contributed by atoms with Gasteiger partial charge < -0.3 is 0 Å². The van der Waals surface area contributed by atoms with E-state index in [0.29, 0.717) is 5.02 Å². The first kappa shape index (κ1) is 12.6. The first-order valence-electron chi connectivity index (χ1n) is 6.35. The zero-order valence-electron chi connectivity index (χ0n) is 10.4. The van der Waals surface area contributed by atoms with Crippen molar-refractivity contribution in [3.05, 3.63) is 45.4 Å². The van der Waals surface area contributed by atoms with E-state index < -0.39 is 0 Å². The van der Waals surface area contributed by atoms with E-state index in [2.05, 4.69) is 15.5 Å². The SMILES string of the molecule is Clc1ccccc1/C=N\Nc1nc2c(s1)CCCC2. The van der Waals surface area contributed by atoms with Crippen molar-refractivity contribution in [3.8, 4) is 0 Å². The summed E-state index contributed by atoms with van der Waals surface area (Å²) in [7, 11) is 0. The number of halogens is 1. The number of nitrogens with one attached hydrogen (secondary N) is 1. The fourth-order valence-electron chi connectivity index (χ4n) is 2.14. The van der Waals surface area contributed by atoms with Gasteiger partial charge in [-0.25, -0.2) is 4.98 Å². The number of hydrazone groups is 1. The van der Waals surface area contributed by atoms with Crippen molar-refractivity contribution in [3.63, 3.8) is 0 Å². The molecule has 0 atom stereocenters. The Bertz CT molecular complexity index is 583. The summed E-state index contributed by atoms with van der Waals surface area (Å²) in [5, 5.41) is 5.78. The van der Waals surface area contributed by atoms with Gasteiger partial charge in [0.15, 0.2) is 0 Å². The van der Waals surface area contributed by atoms with Crippen LogP contribution in [0.5, 0.6) is 0 Å². The van der Waals surface area contributed by atoms with Crippen molar-refractivity contribution in [1.29, 1.82) is 0 Å². The van der Waals surface area contributed by atoms with Crippen LogP contribution in [0, 0.1) is 0 Å². The Hall–Kier alpha value is -1.39. The molecule has 1 aromatic carbocycles. The molecule has 0 bridgehead atoms. The second-order valence-electron chi connectivity index (χ2n) is 4.49. The lowest BCUT2D eigenvalue weighted by molar-refractivity contribution is 0.682. The smallest absolute Gasteiger partial charge is 0.203 e. The number of anilines is 1. The molecule has 0 radical (unpaired) electrons. The van der Waals surface area contributed by atoms with Gasteiger partial charge in [-0.05, 0) is 31.7 Å². The summed E-state index contributed by atoms with van der Waals surface area (Å²) in [4.78, 5) is 5.97. The lowest BCUT2D eigenvalue weighted by Gasteiger charge is -2.06. The van der Waals surface area contributed by atoms with Gasteiger partial charge in [-0.3, -0.25) is 5.43 Å². The zero-order chi connectivity index (χ0) is 13.1. The van der Waals surface area contributed by atoms with Gasteiger partial charge in [-0.2, -0.15) is 5.10 Å². The van der Waals surface area contributed by atoms with Gasteiger partial charge in [0, 0.05) is 15.5 Å². The maximum Gasteiger partial charge on any atom is 0.203 e. The van der Waals surface area contributed by atoms with Crippen molar-refractivity contribution < 1.29 is 0 Å². The molecule has 0 unspecified atom stereocenters. The van der Waals surface area contributed by atoms with Crippen LogP contribution in [0.4, 0.5) is 5.13 Å². The summed E-state index contributed by atoms with van der Waals surface area (Å²) < 4.78 is 0. The molecular formula is C14H14ClN3S. The quantitative estimate of drug-likeness (QED) is 0.682. The second-order valence-corrected chi connectivity index (χ2v) is 5.98. The van der Waals surface area contributed by atoms with Gasteiger partial charge in [-0.1, -0.05) is 29.8 Å². The molecule has 5 heteroatoms. The first-order valence-corrected chi connectivity index (χ1v) is 7.54. The zero-order valence-corrected chi connectivity index (χ0v) is 12.0. The highest BCUT2D eigenvalue weighted by Gasteiger charge is 2.14. The molecule has 3 rings (SSSR count). The van der Waals surface area contributed by atoms with Gasteiger partial charge in [0.05, 0.1) is 11.9 Å². The highest BCUT2D eigenvalue weighted by atomic mass is 35.5. The summed E-state index contributed by atoms with van der Waals surface area (Å²) >= 11 is 7.76. The predicted octanol–water partition coefficient (Wildman–Crippen LogP) is 4.12. The number of rotatable bonds is 3. The molecule has 2 aromatic rings. The molecule has 0 amide bonds. The van der Waals surface area contributed by atoms with Crippen molar-refractivity contribution in [1.82, 2.24) is 4.98 Å². The number of aryl methyl sites for hydroxylation is 2. The topological polar surface area (TPSA) is 37.3 Å². The molecule has 3 nitrogen and oxygen atoms in total. The van der Waals surface area contributed by atoms with E-state index in [0.717, 1.165) is 23.5 Å². The van der Waals surface area contributed by atoms with Crippen LogP contribution in [0.25, 0.3) is 0 Å². The molecule has 1 aromatic heterocycles. The molecule has 0 spiro atoms. The van der Waals surface area contributed by atoms with Crippen molar-refractivity contribution >= 4 is 34.3 Å². The van der Waals surface area contributed by atoms with Crippen LogP contribution in [0.3, 0.4) is 0 Å². The Morgan fingerprint density at radius 2 is 2.11 bits per heavy atom. The Kier molecular flexibility index (Phi) is 3.80. The fourth-order valence-corrected chi connectivity index (χ4v) is 3.32. The summed E-state index contributed by atoms with van der Waals surface area (Å²) in [6, 6.07) is 7.63. The molecule has 1 aliphatic carbocycles. The van der Waals surface area contributed by atoms with Gasteiger partial charge in [0.1, 0.15) is 0 Å². The van der Waals surface area contributed by atoms with Crippen molar-refractivity contribution in [2.24, 2.45) is 5.10 Å².